The molecule has 0 aromatic heterocycles. The van der Waals surface area contributed by atoms with E-state index in [0.717, 1.165) is 19.1 Å². The number of ether oxygens (including phenoxy) is 1. The fourth-order valence-electron chi connectivity index (χ4n) is 2.70. The van der Waals surface area contributed by atoms with Crippen molar-refractivity contribution in [2.45, 2.75) is 65.3 Å². The van der Waals surface area contributed by atoms with Gasteiger partial charge in [-0.15, -0.1) is 0 Å². The number of hydrogen-bond acceptors (Lipinski definition) is 2. The van der Waals surface area contributed by atoms with E-state index in [1.807, 2.05) is 0 Å². The maximum atomic E-state index is 5.45. The summed E-state index contributed by atoms with van der Waals surface area (Å²) in [7, 11) is 4.37. The molecule has 0 amide bonds. The first-order chi connectivity index (χ1) is 8.23. The van der Waals surface area contributed by atoms with Crippen LogP contribution in [0, 0.1) is 11.3 Å². The second-order valence-electron chi connectivity index (χ2n) is 7.63. The Kier molecular flexibility index (Phi) is 5.67. The molecule has 0 aromatic carbocycles. The molecule has 0 saturated carbocycles. The summed E-state index contributed by atoms with van der Waals surface area (Å²) in [6, 6.07) is 0. The van der Waals surface area contributed by atoms with Crippen molar-refractivity contribution in [2.24, 2.45) is 11.3 Å². The summed E-state index contributed by atoms with van der Waals surface area (Å²) in [6.07, 6.45) is 6.48. The van der Waals surface area contributed by atoms with Gasteiger partial charge in [-0.3, -0.25) is 0 Å². The molecule has 0 unspecified atom stereocenters. The van der Waals surface area contributed by atoms with Crippen LogP contribution in [0.5, 0.6) is 0 Å². The third-order valence-corrected chi connectivity index (χ3v) is 4.81. The fraction of sp³-hybridized carbons (Fsp3) is 1.00. The van der Waals surface area contributed by atoms with Crippen molar-refractivity contribution in [2.75, 3.05) is 27.3 Å². The Labute approximate surface area is 114 Å². The second kappa shape index (κ2) is 6.38. The Morgan fingerprint density at radius 1 is 1.00 bits per heavy atom. The number of hydrogen-bond donors (Lipinski definition) is 0. The van der Waals surface area contributed by atoms with Crippen LogP contribution in [0.4, 0.5) is 0 Å². The summed E-state index contributed by atoms with van der Waals surface area (Å²) >= 11 is 0. The number of nitrogens with zero attached hydrogens (tertiary/aromatic N) is 1. The summed E-state index contributed by atoms with van der Waals surface area (Å²) in [5.41, 5.74) is 0.780. The minimum atomic E-state index is 0.312. The molecule has 1 heterocycles. The minimum absolute atomic E-state index is 0.312. The van der Waals surface area contributed by atoms with E-state index >= 15 is 0 Å². The molecule has 0 radical (unpaired) electrons. The predicted molar refractivity (Wildman–Crippen MR) is 78.9 cm³/mol. The average Bonchev–Trinajstić information content (AvgIpc) is 2.27. The van der Waals surface area contributed by atoms with Crippen molar-refractivity contribution in [3.05, 3.63) is 0 Å². The minimum Gasteiger partial charge on any atom is -0.381 e. The Balaban J connectivity index is 2.38. The van der Waals surface area contributed by atoms with Gasteiger partial charge in [0.2, 0.25) is 0 Å². The molecular formula is C16H33NO. The molecule has 0 aromatic rings. The topological polar surface area (TPSA) is 12.5 Å². The van der Waals surface area contributed by atoms with Gasteiger partial charge in [0.25, 0.3) is 0 Å². The SMILES string of the molecule is CN(C)C(C)(C)CCC(C)(C)CC1CCOCC1. The van der Waals surface area contributed by atoms with E-state index in [9.17, 15) is 0 Å². The van der Waals surface area contributed by atoms with Gasteiger partial charge in [-0.2, -0.15) is 0 Å². The van der Waals surface area contributed by atoms with Crippen LogP contribution in [0.3, 0.4) is 0 Å². The molecule has 0 atom stereocenters. The first-order valence-corrected chi connectivity index (χ1v) is 7.48. The highest BCUT2D eigenvalue weighted by molar-refractivity contribution is 4.82. The Hall–Kier alpha value is -0.0800. The van der Waals surface area contributed by atoms with Crippen molar-refractivity contribution in [1.82, 2.24) is 4.90 Å². The molecule has 18 heavy (non-hydrogen) atoms. The Morgan fingerprint density at radius 2 is 1.56 bits per heavy atom. The van der Waals surface area contributed by atoms with Gasteiger partial charge in [0, 0.05) is 18.8 Å². The molecule has 1 aliphatic heterocycles. The van der Waals surface area contributed by atoms with Gasteiger partial charge < -0.3 is 9.64 Å². The molecule has 0 spiro atoms. The van der Waals surface area contributed by atoms with Crippen molar-refractivity contribution in [1.29, 1.82) is 0 Å². The molecule has 1 rings (SSSR count). The van der Waals surface area contributed by atoms with Crippen molar-refractivity contribution < 1.29 is 4.74 Å². The van der Waals surface area contributed by atoms with E-state index in [1.165, 1.54) is 32.1 Å². The van der Waals surface area contributed by atoms with Crippen LogP contribution >= 0.6 is 0 Å². The lowest BCUT2D eigenvalue weighted by atomic mass is 9.75. The van der Waals surface area contributed by atoms with E-state index in [-0.39, 0.29) is 0 Å². The second-order valence-corrected chi connectivity index (χ2v) is 7.63. The zero-order valence-corrected chi connectivity index (χ0v) is 13.4. The fourth-order valence-corrected chi connectivity index (χ4v) is 2.70. The normalized spacial score (nSPS) is 19.5. The van der Waals surface area contributed by atoms with Crippen LogP contribution in [0.15, 0.2) is 0 Å². The third kappa shape index (κ3) is 5.27. The smallest absolute Gasteiger partial charge is 0.0468 e. The van der Waals surface area contributed by atoms with Gasteiger partial charge in [0.15, 0.2) is 0 Å². The van der Waals surface area contributed by atoms with Crippen LogP contribution in [0.1, 0.15) is 59.8 Å². The van der Waals surface area contributed by atoms with Gasteiger partial charge in [-0.1, -0.05) is 13.8 Å². The highest BCUT2D eigenvalue weighted by Gasteiger charge is 2.28. The third-order valence-electron chi connectivity index (χ3n) is 4.81. The molecule has 0 aliphatic carbocycles. The molecular weight excluding hydrogens is 222 g/mol. The van der Waals surface area contributed by atoms with Crippen LogP contribution in [-0.2, 0) is 4.74 Å². The lowest BCUT2D eigenvalue weighted by Gasteiger charge is -2.38. The molecule has 0 N–H and O–H groups in total. The molecule has 2 nitrogen and oxygen atoms in total. The molecule has 0 bridgehead atoms. The van der Waals surface area contributed by atoms with Crippen molar-refractivity contribution in [3.8, 4) is 0 Å². The van der Waals surface area contributed by atoms with Gasteiger partial charge in [0.1, 0.15) is 0 Å². The molecule has 1 fully saturated rings. The Morgan fingerprint density at radius 3 is 2.06 bits per heavy atom. The van der Waals surface area contributed by atoms with Crippen LogP contribution in [0.2, 0.25) is 0 Å². The summed E-state index contributed by atoms with van der Waals surface area (Å²) in [6.45, 7) is 11.5. The first-order valence-electron chi connectivity index (χ1n) is 7.48. The summed E-state index contributed by atoms with van der Waals surface area (Å²) < 4.78 is 5.45. The molecule has 2 heteroatoms. The number of rotatable bonds is 6. The average molecular weight is 255 g/mol. The first kappa shape index (κ1) is 16.0. The molecule has 1 aliphatic rings. The lowest BCUT2D eigenvalue weighted by molar-refractivity contribution is 0.0471. The highest BCUT2D eigenvalue weighted by atomic mass is 16.5. The zero-order chi connectivity index (χ0) is 13.8. The monoisotopic (exact) mass is 255 g/mol. The zero-order valence-electron chi connectivity index (χ0n) is 13.4. The van der Waals surface area contributed by atoms with Gasteiger partial charge in [-0.05, 0) is 71.4 Å². The van der Waals surface area contributed by atoms with Crippen LogP contribution < -0.4 is 0 Å². The Bertz CT molecular complexity index is 239. The maximum absolute atomic E-state index is 5.45. The van der Waals surface area contributed by atoms with Crippen molar-refractivity contribution >= 4 is 0 Å². The predicted octanol–water partition coefficient (Wildman–Crippen LogP) is 3.95. The lowest BCUT2D eigenvalue weighted by Crippen LogP contribution is -2.39. The van der Waals surface area contributed by atoms with E-state index in [4.69, 9.17) is 4.74 Å². The van der Waals surface area contributed by atoms with Crippen molar-refractivity contribution in [3.63, 3.8) is 0 Å². The molecule has 1 saturated heterocycles. The van der Waals surface area contributed by atoms with Crippen LogP contribution in [-0.4, -0.2) is 37.7 Å². The van der Waals surface area contributed by atoms with E-state index in [1.54, 1.807) is 0 Å². The standard InChI is InChI=1S/C16H33NO/c1-15(2,9-10-16(3,4)17(5)6)13-14-7-11-18-12-8-14/h14H,7-13H2,1-6H3. The van der Waals surface area contributed by atoms with Crippen LogP contribution in [0.25, 0.3) is 0 Å². The summed E-state index contributed by atoms with van der Waals surface area (Å²) in [5, 5.41) is 0. The molecule has 108 valence electrons. The van der Waals surface area contributed by atoms with Gasteiger partial charge >= 0.3 is 0 Å². The van der Waals surface area contributed by atoms with E-state index in [0.29, 0.717) is 11.0 Å². The highest BCUT2D eigenvalue weighted by Crippen LogP contribution is 2.36. The largest absolute Gasteiger partial charge is 0.381 e. The van der Waals surface area contributed by atoms with Gasteiger partial charge in [0.05, 0.1) is 0 Å². The van der Waals surface area contributed by atoms with E-state index in [2.05, 4.69) is 46.7 Å². The van der Waals surface area contributed by atoms with E-state index < -0.39 is 0 Å². The summed E-state index contributed by atoms with van der Waals surface area (Å²) in [4.78, 5) is 2.34. The van der Waals surface area contributed by atoms with Gasteiger partial charge in [-0.25, -0.2) is 0 Å². The summed E-state index contributed by atoms with van der Waals surface area (Å²) in [5.74, 6) is 0.885. The maximum Gasteiger partial charge on any atom is 0.0468 e. The quantitative estimate of drug-likeness (QED) is 0.712.